The van der Waals surface area contributed by atoms with Crippen LogP contribution in [-0.4, -0.2) is 69.5 Å². The maximum Gasteiger partial charge on any atom is 0.240 e. The number of allylic oxidation sites excluding steroid dienone is 12. The first kappa shape index (κ1) is 49.4. The summed E-state index contributed by atoms with van der Waals surface area (Å²) in [5, 5.41) is 24.4. The minimum absolute atomic E-state index is 0.0185. The molecule has 1 aromatic carbocycles. The highest BCUT2D eigenvalue weighted by atomic mass is 33.1. The molecule has 0 saturated heterocycles. The van der Waals surface area contributed by atoms with E-state index in [0.717, 1.165) is 50.5 Å². The highest BCUT2D eigenvalue weighted by Gasteiger charge is 2.38. The molecule has 0 heterocycles. The van der Waals surface area contributed by atoms with Gasteiger partial charge in [0.2, 0.25) is 17.7 Å². The molecule has 9 nitrogen and oxygen atoms in total. The number of Topliss-reactive ketones (excluding diaryl/α,β-unsaturated/α-hetero) is 1. The van der Waals surface area contributed by atoms with Crippen LogP contribution in [0.1, 0.15) is 97.0 Å². The number of amides is 3. The van der Waals surface area contributed by atoms with E-state index in [2.05, 4.69) is 78.3 Å². The van der Waals surface area contributed by atoms with Gasteiger partial charge in [-0.05, 0) is 77.2 Å². The topological polar surface area (TPSA) is 159 Å². The van der Waals surface area contributed by atoms with Crippen molar-refractivity contribution in [3.63, 3.8) is 0 Å². The molecule has 0 aliphatic carbocycles. The van der Waals surface area contributed by atoms with Crippen LogP contribution in [0.2, 0.25) is 0 Å². The molecule has 0 spiro atoms. The van der Waals surface area contributed by atoms with Gasteiger partial charge in [-0.25, -0.2) is 0 Å². The van der Waals surface area contributed by atoms with Crippen molar-refractivity contribution in [2.24, 2.45) is 11.7 Å². The quantitative estimate of drug-likeness (QED) is 0.0379. The van der Waals surface area contributed by atoms with E-state index in [1.165, 1.54) is 21.6 Å². The molecule has 3 amide bonds. The molecular weight excluding hydrogens is 731 g/mol. The first-order valence-electron chi connectivity index (χ1n) is 19.4. The molecule has 0 aromatic heterocycles. The normalized spacial score (nSPS) is 13.6. The largest absolute Gasteiger partial charge is 0.394 e. The molecule has 0 bridgehead atoms. The van der Waals surface area contributed by atoms with E-state index < -0.39 is 47.8 Å². The SMILES string of the molecule is CC/C=C\C/C=C\C/C=C\C/C=C\C/C=C\C/C=C\CCC(=O)N[C@@H](CSSC(C)(C)[C@H](CC(=O)CCCc1ccccc1)C(=O)NC(CO)CO)C(N)=O. The fourth-order valence-corrected chi connectivity index (χ4v) is 8.13. The molecule has 55 heavy (non-hydrogen) atoms. The molecule has 0 radical (unpaired) electrons. The number of hydrogen-bond acceptors (Lipinski definition) is 8. The molecule has 0 unspecified atom stereocenters. The van der Waals surface area contributed by atoms with Gasteiger partial charge in [0.1, 0.15) is 11.8 Å². The van der Waals surface area contributed by atoms with Crippen molar-refractivity contribution in [1.82, 2.24) is 10.6 Å². The van der Waals surface area contributed by atoms with Gasteiger partial charge in [0, 0.05) is 29.8 Å². The predicted octanol–water partition coefficient (Wildman–Crippen LogP) is 7.66. The lowest BCUT2D eigenvalue weighted by Crippen LogP contribution is -2.48. The van der Waals surface area contributed by atoms with Gasteiger partial charge in [0.05, 0.1) is 25.2 Å². The van der Waals surface area contributed by atoms with Crippen molar-refractivity contribution in [2.45, 2.75) is 115 Å². The number of aliphatic hydroxyl groups is 2. The van der Waals surface area contributed by atoms with Gasteiger partial charge in [-0.3, -0.25) is 19.2 Å². The lowest BCUT2D eigenvalue weighted by Gasteiger charge is -2.33. The number of benzene rings is 1. The summed E-state index contributed by atoms with van der Waals surface area (Å²) in [4.78, 5) is 51.3. The minimum Gasteiger partial charge on any atom is -0.394 e. The summed E-state index contributed by atoms with van der Waals surface area (Å²) < 4.78 is -0.790. The van der Waals surface area contributed by atoms with Crippen LogP contribution in [0.5, 0.6) is 0 Å². The average molecular weight is 796 g/mol. The summed E-state index contributed by atoms with van der Waals surface area (Å²) in [6.07, 6.45) is 33.5. The second-order valence-electron chi connectivity index (χ2n) is 13.7. The first-order valence-corrected chi connectivity index (χ1v) is 21.7. The van der Waals surface area contributed by atoms with Crippen LogP contribution >= 0.6 is 21.6 Å². The van der Waals surface area contributed by atoms with E-state index in [9.17, 15) is 29.4 Å². The number of aryl methyl sites for hydroxylation is 1. The lowest BCUT2D eigenvalue weighted by molar-refractivity contribution is -0.131. The fraction of sp³-hybridized carbons (Fsp3) is 0.500. The van der Waals surface area contributed by atoms with E-state index in [1.807, 2.05) is 56.3 Å². The molecule has 11 heteroatoms. The number of carbonyl (C=O) groups is 4. The van der Waals surface area contributed by atoms with Crippen molar-refractivity contribution in [1.29, 1.82) is 0 Å². The molecule has 1 aromatic rings. The Morgan fingerprint density at radius 2 is 1.29 bits per heavy atom. The third kappa shape index (κ3) is 25.2. The smallest absolute Gasteiger partial charge is 0.240 e. The molecule has 0 aliphatic heterocycles. The molecule has 6 N–H and O–H groups in total. The summed E-state index contributed by atoms with van der Waals surface area (Å²) in [6, 6.07) is 8.11. The van der Waals surface area contributed by atoms with Crippen molar-refractivity contribution < 1.29 is 29.4 Å². The standard InChI is InChI=1S/C44H65N3O6S2/c1-4-5-6-7-8-9-10-11-12-13-14-15-16-17-18-19-20-21-25-31-41(51)47-40(42(45)52)35-54-55-44(2,3)39(43(53)46-37(33-48)34-49)32-38(50)30-26-29-36-27-23-22-24-28-36/h5-6,8-9,11-12,14-15,17-18,20-24,27-28,37,39-40,48-49H,4,7,10,13,16,19,25-26,29-35H2,1-3H3,(H2,45,52)(H,46,53)(H,47,51)/b6-5-,9-8-,12-11-,15-14-,18-17-,21-20-/t39-,40+/m1/s1. The maximum atomic E-state index is 13.4. The first-order chi connectivity index (χ1) is 26.5. The predicted molar refractivity (Wildman–Crippen MR) is 231 cm³/mol. The van der Waals surface area contributed by atoms with E-state index >= 15 is 0 Å². The third-order valence-electron chi connectivity index (χ3n) is 8.46. The average Bonchev–Trinajstić information content (AvgIpc) is 3.16. The van der Waals surface area contributed by atoms with E-state index in [4.69, 9.17) is 5.73 Å². The zero-order valence-electron chi connectivity index (χ0n) is 33.1. The molecule has 1 rings (SSSR count). The van der Waals surface area contributed by atoms with Crippen molar-refractivity contribution >= 4 is 45.1 Å². The second-order valence-corrected chi connectivity index (χ2v) is 16.6. The van der Waals surface area contributed by atoms with Crippen LogP contribution in [-0.2, 0) is 25.6 Å². The van der Waals surface area contributed by atoms with Crippen LogP contribution in [0.3, 0.4) is 0 Å². The van der Waals surface area contributed by atoms with Gasteiger partial charge < -0.3 is 26.6 Å². The van der Waals surface area contributed by atoms with Crippen LogP contribution in [0.25, 0.3) is 0 Å². The molecular formula is C44H65N3O6S2. The number of carbonyl (C=O) groups excluding carboxylic acids is 4. The highest BCUT2D eigenvalue weighted by molar-refractivity contribution is 8.77. The number of rotatable bonds is 31. The fourth-order valence-electron chi connectivity index (χ4n) is 5.20. The number of aliphatic hydroxyl groups excluding tert-OH is 2. The molecule has 0 aliphatic rings. The highest BCUT2D eigenvalue weighted by Crippen LogP contribution is 2.43. The summed E-state index contributed by atoms with van der Waals surface area (Å²) in [6.45, 7) is 4.92. The van der Waals surface area contributed by atoms with Gasteiger partial charge in [-0.2, -0.15) is 0 Å². The summed E-state index contributed by atoms with van der Waals surface area (Å²) in [7, 11) is 2.61. The Hall–Kier alpha value is -3.64. The van der Waals surface area contributed by atoms with Crippen LogP contribution in [0.4, 0.5) is 0 Å². The summed E-state index contributed by atoms with van der Waals surface area (Å²) >= 11 is 0. The van der Waals surface area contributed by atoms with Crippen LogP contribution < -0.4 is 16.4 Å². The zero-order valence-corrected chi connectivity index (χ0v) is 34.7. The Balaban J connectivity index is 2.51. The van der Waals surface area contributed by atoms with E-state index in [1.54, 1.807) is 0 Å². The molecule has 0 fully saturated rings. The molecule has 304 valence electrons. The number of nitrogens with two attached hydrogens (primary N) is 1. The summed E-state index contributed by atoms with van der Waals surface area (Å²) in [5.74, 6) is -2.07. The second kappa shape index (κ2) is 31.6. The number of primary amides is 1. The summed E-state index contributed by atoms with van der Waals surface area (Å²) in [5.41, 5.74) is 6.75. The molecule has 0 saturated carbocycles. The van der Waals surface area contributed by atoms with Crippen LogP contribution in [0, 0.1) is 5.92 Å². The number of ketones is 1. The monoisotopic (exact) mass is 795 g/mol. The zero-order chi connectivity index (χ0) is 40.6. The van der Waals surface area contributed by atoms with Gasteiger partial charge >= 0.3 is 0 Å². The van der Waals surface area contributed by atoms with Gasteiger partial charge in [-0.15, -0.1) is 0 Å². The van der Waals surface area contributed by atoms with Gasteiger partial charge in [0.25, 0.3) is 0 Å². The van der Waals surface area contributed by atoms with Gasteiger partial charge in [-0.1, -0.05) is 132 Å². The molecule has 2 atom stereocenters. The van der Waals surface area contributed by atoms with E-state index in [-0.39, 0.29) is 30.3 Å². The van der Waals surface area contributed by atoms with Crippen molar-refractivity contribution in [2.75, 3.05) is 19.0 Å². The Bertz CT molecular complexity index is 1420. The maximum absolute atomic E-state index is 13.4. The number of hydrogen-bond donors (Lipinski definition) is 5. The van der Waals surface area contributed by atoms with Crippen molar-refractivity contribution in [3.05, 3.63) is 109 Å². The Kier molecular flexibility index (Phi) is 28.3. The van der Waals surface area contributed by atoms with Crippen molar-refractivity contribution in [3.8, 4) is 0 Å². The number of nitrogens with one attached hydrogen (secondary N) is 2. The third-order valence-corrected chi connectivity index (χ3v) is 11.8. The lowest BCUT2D eigenvalue weighted by atomic mass is 9.87. The Labute approximate surface area is 337 Å². The van der Waals surface area contributed by atoms with Crippen LogP contribution in [0.15, 0.2) is 103 Å². The van der Waals surface area contributed by atoms with E-state index in [0.29, 0.717) is 19.3 Å². The Morgan fingerprint density at radius 1 is 0.764 bits per heavy atom. The minimum atomic E-state index is -0.911. The Morgan fingerprint density at radius 3 is 1.80 bits per heavy atom. The van der Waals surface area contributed by atoms with Gasteiger partial charge in [0.15, 0.2) is 0 Å².